The van der Waals surface area contributed by atoms with Crippen molar-refractivity contribution < 1.29 is 19.2 Å². The minimum absolute atomic E-state index is 0.0150. The highest BCUT2D eigenvalue weighted by atomic mass is 16.6. The summed E-state index contributed by atoms with van der Waals surface area (Å²) in [5.41, 5.74) is 0.702. The SMILES string of the molecule is CNc1c(CN2C(=O)COCC2=O)cccc1[N+](=O)[O-]. The molecule has 0 atom stereocenters. The van der Waals surface area contributed by atoms with Crippen LogP contribution >= 0.6 is 0 Å². The second kappa shape index (κ2) is 5.66. The van der Waals surface area contributed by atoms with E-state index in [1.165, 1.54) is 12.1 Å². The van der Waals surface area contributed by atoms with Crippen molar-refractivity contribution in [1.82, 2.24) is 4.90 Å². The first kappa shape index (κ1) is 13.9. The lowest BCUT2D eigenvalue weighted by Crippen LogP contribution is -2.45. The Kier molecular flexibility index (Phi) is 3.94. The van der Waals surface area contributed by atoms with Gasteiger partial charge in [0.15, 0.2) is 0 Å². The maximum atomic E-state index is 11.7. The Morgan fingerprint density at radius 3 is 2.55 bits per heavy atom. The van der Waals surface area contributed by atoms with Crippen LogP contribution in [0.25, 0.3) is 0 Å². The fraction of sp³-hybridized carbons (Fsp3) is 0.333. The summed E-state index contributed by atoms with van der Waals surface area (Å²) in [5.74, 6) is -0.899. The van der Waals surface area contributed by atoms with Crippen molar-refractivity contribution in [3.63, 3.8) is 0 Å². The van der Waals surface area contributed by atoms with Crippen molar-refractivity contribution in [2.75, 3.05) is 25.6 Å². The van der Waals surface area contributed by atoms with E-state index in [1.54, 1.807) is 13.1 Å². The highest BCUT2D eigenvalue weighted by Gasteiger charge is 2.28. The molecule has 1 aromatic rings. The second-order valence-electron chi connectivity index (χ2n) is 4.18. The lowest BCUT2D eigenvalue weighted by molar-refractivity contribution is -0.384. The van der Waals surface area contributed by atoms with Crippen LogP contribution in [0.5, 0.6) is 0 Å². The van der Waals surface area contributed by atoms with Crippen LogP contribution in [-0.2, 0) is 20.9 Å². The number of benzene rings is 1. The molecular formula is C12H13N3O5. The van der Waals surface area contributed by atoms with E-state index in [1.807, 2.05) is 0 Å². The average molecular weight is 279 g/mol. The maximum absolute atomic E-state index is 11.7. The first-order valence-corrected chi connectivity index (χ1v) is 5.89. The van der Waals surface area contributed by atoms with Crippen molar-refractivity contribution in [2.24, 2.45) is 0 Å². The zero-order valence-electron chi connectivity index (χ0n) is 10.8. The number of hydrogen-bond donors (Lipinski definition) is 1. The summed E-state index contributed by atoms with van der Waals surface area (Å²) in [7, 11) is 1.55. The van der Waals surface area contributed by atoms with Gasteiger partial charge < -0.3 is 10.1 Å². The summed E-state index contributed by atoms with van der Waals surface area (Å²) in [4.78, 5) is 34.8. The number of rotatable bonds is 4. The number of carbonyl (C=O) groups excluding carboxylic acids is 2. The summed E-state index contributed by atoms with van der Waals surface area (Å²) in [5, 5.41) is 13.7. The number of nitrogens with one attached hydrogen (secondary N) is 1. The highest BCUT2D eigenvalue weighted by molar-refractivity contribution is 5.98. The summed E-state index contributed by atoms with van der Waals surface area (Å²) >= 11 is 0. The van der Waals surface area contributed by atoms with E-state index in [0.717, 1.165) is 4.90 Å². The number of nitrogens with zero attached hydrogens (tertiary/aromatic N) is 2. The smallest absolute Gasteiger partial charge is 0.292 e. The van der Waals surface area contributed by atoms with Crippen molar-refractivity contribution in [2.45, 2.75) is 6.54 Å². The Morgan fingerprint density at radius 1 is 1.35 bits per heavy atom. The van der Waals surface area contributed by atoms with Crippen LogP contribution in [0.4, 0.5) is 11.4 Å². The van der Waals surface area contributed by atoms with Crippen molar-refractivity contribution in [1.29, 1.82) is 0 Å². The van der Waals surface area contributed by atoms with Gasteiger partial charge in [-0.1, -0.05) is 12.1 Å². The Labute approximate surface area is 114 Å². The van der Waals surface area contributed by atoms with Gasteiger partial charge in [0.1, 0.15) is 18.9 Å². The molecule has 0 aromatic heterocycles. The number of nitro groups is 1. The molecule has 1 fully saturated rings. The van der Waals surface area contributed by atoms with Crippen LogP contribution in [0, 0.1) is 10.1 Å². The number of carbonyl (C=O) groups is 2. The van der Waals surface area contributed by atoms with Crippen molar-refractivity contribution in [3.05, 3.63) is 33.9 Å². The first-order chi connectivity index (χ1) is 9.54. The predicted octanol–water partition coefficient (Wildman–Crippen LogP) is 0.522. The molecule has 1 aliphatic rings. The molecule has 1 aliphatic heterocycles. The molecule has 106 valence electrons. The molecule has 0 aliphatic carbocycles. The molecule has 0 radical (unpaired) electrons. The summed E-state index contributed by atoms with van der Waals surface area (Å²) in [6, 6.07) is 4.51. The fourth-order valence-electron chi connectivity index (χ4n) is 2.03. The number of para-hydroxylation sites is 1. The molecule has 8 heteroatoms. The van der Waals surface area contributed by atoms with E-state index < -0.39 is 16.7 Å². The maximum Gasteiger partial charge on any atom is 0.292 e. The van der Waals surface area contributed by atoms with Gasteiger partial charge in [-0.15, -0.1) is 0 Å². The molecule has 0 bridgehead atoms. The van der Waals surface area contributed by atoms with Gasteiger partial charge >= 0.3 is 0 Å². The van der Waals surface area contributed by atoms with Crippen LogP contribution in [0.1, 0.15) is 5.56 Å². The normalized spacial score (nSPS) is 15.3. The van der Waals surface area contributed by atoms with Gasteiger partial charge in [0.05, 0.1) is 11.5 Å². The Bertz CT molecular complexity index is 556. The van der Waals surface area contributed by atoms with Crippen LogP contribution < -0.4 is 5.32 Å². The minimum atomic E-state index is -0.516. The van der Waals surface area contributed by atoms with Crippen molar-refractivity contribution in [3.8, 4) is 0 Å². The van der Waals surface area contributed by atoms with Gasteiger partial charge in [-0.2, -0.15) is 0 Å². The molecule has 2 rings (SSSR count). The van der Waals surface area contributed by atoms with Gasteiger partial charge in [-0.05, 0) is 0 Å². The van der Waals surface area contributed by atoms with Gasteiger partial charge in [0, 0.05) is 18.7 Å². The zero-order valence-corrected chi connectivity index (χ0v) is 10.8. The number of ether oxygens (including phenoxy) is 1. The fourth-order valence-corrected chi connectivity index (χ4v) is 2.03. The summed E-state index contributed by atoms with van der Waals surface area (Å²) < 4.78 is 4.82. The lowest BCUT2D eigenvalue weighted by atomic mass is 10.1. The molecule has 1 heterocycles. The highest BCUT2D eigenvalue weighted by Crippen LogP contribution is 2.29. The van der Waals surface area contributed by atoms with Crippen LogP contribution in [0.2, 0.25) is 0 Å². The Morgan fingerprint density at radius 2 is 2.00 bits per heavy atom. The van der Waals surface area contributed by atoms with Crippen LogP contribution in [0.15, 0.2) is 18.2 Å². The standard InChI is InChI=1S/C12H13N3O5/c1-13-12-8(3-2-4-9(12)15(18)19)5-14-10(16)6-20-7-11(14)17/h2-4,13H,5-7H2,1H3. The van der Waals surface area contributed by atoms with E-state index in [2.05, 4.69) is 5.32 Å². The van der Waals surface area contributed by atoms with Gasteiger partial charge in [0.2, 0.25) is 0 Å². The Balaban J connectivity index is 2.33. The molecule has 1 aromatic carbocycles. The van der Waals surface area contributed by atoms with Gasteiger partial charge in [-0.3, -0.25) is 24.6 Å². The number of nitro benzene ring substituents is 1. The van der Waals surface area contributed by atoms with E-state index in [-0.39, 0.29) is 25.4 Å². The van der Waals surface area contributed by atoms with Gasteiger partial charge in [0.25, 0.3) is 17.5 Å². The monoisotopic (exact) mass is 279 g/mol. The quantitative estimate of drug-likeness (QED) is 0.490. The largest absolute Gasteiger partial charge is 0.382 e. The van der Waals surface area contributed by atoms with E-state index in [0.29, 0.717) is 11.3 Å². The number of hydrogen-bond acceptors (Lipinski definition) is 6. The summed E-state index contributed by atoms with van der Waals surface area (Å²) in [6.45, 7) is -0.329. The zero-order chi connectivity index (χ0) is 14.7. The van der Waals surface area contributed by atoms with E-state index in [4.69, 9.17) is 4.74 Å². The minimum Gasteiger partial charge on any atom is -0.382 e. The summed E-state index contributed by atoms with van der Waals surface area (Å²) in [6.07, 6.45) is 0. The third-order valence-electron chi connectivity index (χ3n) is 2.96. The first-order valence-electron chi connectivity index (χ1n) is 5.89. The van der Waals surface area contributed by atoms with Crippen LogP contribution in [0.3, 0.4) is 0 Å². The van der Waals surface area contributed by atoms with Crippen LogP contribution in [-0.4, -0.2) is 41.9 Å². The van der Waals surface area contributed by atoms with E-state index >= 15 is 0 Å². The average Bonchev–Trinajstić information content (AvgIpc) is 2.42. The topological polar surface area (TPSA) is 102 Å². The molecule has 20 heavy (non-hydrogen) atoms. The number of amides is 2. The van der Waals surface area contributed by atoms with E-state index in [9.17, 15) is 19.7 Å². The molecular weight excluding hydrogens is 266 g/mol. The Hall–Kier alpha value is -2.48. The molecule has 0 saturated carbocycles. The lowest BCUT2D eigenvalue weighted by Gasteiger charge is -2.25. The number of anilines is 1. The molecule has 2 amide bonds. The molecule has 0 unspecified atom stereocenters. The second-order valence-corrected chi connectivity index (χ2v) is 4.18. The predicted molar refractivity (Wildman–Crippen MR) is 69.0 cm³/mol. The third-order valence-corrected chi connectivity index (χ3v) is 2.96. The van der Waals surface area contributed by atoms with Gasteiger partial charge in [-0.25, -0.2) is 0 Å². The molecule has 8 nitrogen and oxygen atoms in total. The van der Waals surface area contributed by atoms with Crippen molar-refractivity contribution >= 4 is 23.2 Å². The number of imide groups is 1. The molecule has 1 N–H and O–H groups in total. The third kappa shape index (κ3) is 2.59. The number of morpholine rings is 1. The molecule has 0 spiro atoms. The molecule has 1 saturated heterocycles.